The molecule has 2 N–H and O–H groups in total. The summed E-state index contributed by atoms with van der Waals surface area (Å²) in [5.74, 6) is 0.999. The van der Waals surface area contributed by atoms with Crippen molar-refractivity contribution >= 4 is 35.0 Å². The quantitative estimate of drug-likeness (QED) is 0.446. The highest BCUT2D eigenvalue weighted by Gasteiger charge is 2.31. The first-order valence-corrected chi connectivity index (χ1v) is 10.3. The molecular formula is C24H18Cl2N2O3. The second-order valence-electron chi connectivity index (χ2n) is 7.03. The molecule has 3 aromatic carbocycles. The Kier molecular flexibility index (Phi) is 5.98. The first kappa shape index (κ1) is 21.0. The van der Waals surface area contributed by atoms with Gasteiger partial charge in [-0.1, -0.05) is 35.3 Å². The third-order valence-electron chi connectivity index (χ3n) is 4.86. The molecule has 156 valence electrons. The fraction of sp³-hybridized carbons (Fsp3) is 0.0833. The molecule has 0 spiro atoms. The highest BCUT2D eigenvalue weighted by atomic mass is 35.5. The fourth-order valence-corrected chi connectivity index (χ4v) is 3.65. The normalized spacial score (nSPS) is 15.8. The molecule has 0 saturated heterocycles. The zero-order valence-corrected chi connectivity index (χ0v) is 18.0. The van der Waals surface area contributed by atoms with Gasteiger partial charge in [-0.25, -0.2) is 4.79 Å². The van der Waals surface area contributed by atoms with Gasteiger partial charge in [0.05, 0.1) is 6.04 Å². The van der Waals surface area contributed by atoms with E-state index in [0.29, 0.717) is 38.4 Å². The van der Waals surface area contributed by atoms with Crippen molar-refractivity contribution < 1.29 is 14.3 Å². The molecule has 0 aromatic heterocycles. The van der Waals surface area contributed by atoms with Crippen molar-refractivity contribution in [1.29, 1.82) is 0 Å². The topological polar surface area (TPSA) is 67.4 Å². The molecule has 1 aliphatic heterocycles. The van der Waals surface area contributed by atoms with E-state index in [1.54, 1.807) is 67.6 Å². The number of amides is 2. The number of allylic oxidation sites excluding steroid dienone is 1. The van der Waals surface area contributed by atoms with Crippen LogP contribution in [0.4, 0.5) is 4.79 Å². The van der Waals surface area contributed by atoms with Gasteiger partial charge in [0.2, 0.25) is 0 Å². The highest BCUT2D eigenvalue weighted by Crippen LogP contribution is 2.32. The number of ketones is 1. The zero-order chi connectivity index (χ0) is 22.0. The maximum absolute atomic E-state index is 13.3. The number of halogens is 2. The van der Waals surface area contributed by atoms with Gasteiger partial charge < -0.3 is 15.4 Å². The van der Waals surface area contributed by atoms with Gasteiger partial charge in [-0.3, -0.25) is 4.79 Å². The molecular weight excluding hydrogens is 435 g/mol. The van der Waals surface area contributed by atoms with Gasteiger partial charge in [-0.15, -0.1) is 0 Å². The maximum atomic E-state index is 13.3. The van der Waals surface area contributed by atoms with Crippen molar-refractivity contribution in [1.82, 2.24) is 10.6 Å². The minimum atomic E-state index is -0.634. The molecule has 4 rings (SSSR count). The summed E-state index contributed by atoms with van der Waals surface area (Å²) in [6, 6.07) is 19.9. The Bertz CT molecular complexity index is 1170. The molecule has 31 heavy (non-hydrogen) atoms. The lowest BCUT2D eigenvalue weighted by Crippen LogP contribution is -2.45. The third-order valence-corrected chi connectivity index (χ3v) is 5.36. The average Bonchev–Trinajstić information content (AvgIpc) is 2.75. The van der Waals surface area contributed by atoms with Crippen molar-refractivity contribution in [2.45, 2.75) is 13.0 Å². The Labute approximate surface area is 189 Å². The zero-order valence-electron chi connectivity index (χ0n) is 16.5. The lowest BCUT2D eigenvalue weighted by atomic mass is 9.89. The predicted octanol–water partition coefficient (Wildman–Crippen LogP) is 6.30. The molecule has 0 aliphatic carbocycles. The number of hydrogen-bond acceptors (Lipinski definition) is 3. The Morgan fingerprint density at radius 1 is 0.903 bits per heavy atom. The molecule has 1 heterocycles. The molecule has 1 atom stereocenters. The van der Waals surface area contributed by atoms with E-state index in [4.69, 9.17) is 27.9 Å². The molecule has 3 aromatic rings. The van der Waals surface area contributed by atoms with E-state index < -0.39 is 6.04 Å². The number of carbonyl (C=O) groups excluding carboxylic acids is 2. The van der Waals surface area contributed by atoms with E-state index in [1.807, 2.05) is 12.1 Å². The minimum absolute atomic E-state index is 0.198. The summed E-state index contributed by atoms with van der Waals surface area (Å²) >= 11 is 11.9. The number of Topliss-reactive ketones (excluding diaryl/α,β-unsaturated/α-hetero) is 1. The van der Waals surface area contributed by atoms with Gasteiger partial charge in [0.25, 0.3) is 0 Å². The van der Waals surface area contributed by atoms with Crippen LogP contribution in [-0.2, 0) is 0 Å². The third kappa shape index (κ3) is 4.74. The molecule has 0 radical (unpaired) electrons. The number of hydrogen-bond donors (Lipinski definition) is 2. The average molecular weight is 453 g/mol. The second kappa shape index (κ2) is 8.84. The van der Waals surface area contributed by atoms with Crippen LogP contribution in [0.25, 0.3) is 0 Å². The van der Waals surface area contributed by atoms with Gasteiger partial charge >= 0.3 is 6.03 Å². The van der Waals surface area contributed by atoms with Crippen LogP contribution >= 0.6 is 23.2 Å². The number of urea groups is 1. The fourth-order valence-electron chi connectivity index (χ4n) is 3.40. The number of nitrogens with one attached hydrogen (secondary N) is 2. The lowest BCUT2D eigenvalue weighted by Gasteiger charge is -2.29. The monoisotopic (exact) mass is 452 g/mol. The van der Waals surface area contributed by atoms with E-state index >= 15 is 0 Å². The minimum Gasteiger partial charge on any atom is -0.457 e. The van der Waals surface area contributed by atoms with Crippen LogP contribution in [0, 0.1) is 0 Å². The second-order valence-corrected chi connectivity index (χ2v) is 7.91. The molecule has 7 heteroatoms. The van der Waals surface area contributed by atoms with E-state index in [-0.39, 0.29) is 11.8 Å². The summed E-state index contributed by atoms with van der Waals surface area (Å²) in [6.07, 6.45) is 0. The molecule has 0 unspecified atom stereocenters. The van der Waals surface area contributed by atoms with Crippen LogP contribution in [0.3, 0.4) is 0 Å². The van der Waals surface area contributed by atoms with Crippen molar-refractivity contribution in [3.8, 4) is 11.5 Å². The Hall–Kier alpha value is -3.28. The van der Waals surface area contributed by atoms with Gasteiger partial charge in [-0.05, 0) is 73.2 Å². The smallest absolute Gasteiger partial charge is 0.319 e. The number of benzene rings is 3. The van der Waals surface area contributed by atoms with Gasteiger partial charge in [0.1, 0.15) is 11.5 Å². The molecule has 2 amide bonds. The van der Waals surface area contributed by atoms with E-state index in [2.05, 4.69) is 10.6 Å². The van der Waals surface area contributed by atoms with Crippen molar-refractivity contribution in [3.05, 3.63) is 105 Å². The standard InChI is InChI=1S/C24H18Cl2N2O3/c1-14-21(23(29)15-5-7-17(25)8-6-15)22(28-24(30)27-14)16-3-2-4-20(13-16)31-19-11-9-18(26)10-12-19/h2-13,22H,1H3,(H2,27,28,30)/t22-/m0/s1. The van der Waals surface area contributed by atoms with Gasteiger partial charge in [0.15, 0.2) is 5.78 Å². The summed E-state index contributed by atoms with van der Waals surface area (Å²) in [7, 11) is 0. The molecule has 0 bridgehead atoms. The first-order chi connectivity index (χ1) is 14.9. The Balaban J connectivity index is 1.68. The van der Waals surface area contributed by atoms with Crippen LogP contribution in [0.5, 0.6) is 11.5 Å². The van der Waals surface area contributed by atoms with E-state index in [1.165, 1.54) is 0 Å². The Morgan fingerprint density at radius 3 is 2.23 bits per heavy atom. The SMILES string of the molecule is CC1=C(C(=O)c2ccc(Cl)cc2)[C@H](c2cccc(Oc3ccc(Cl)cc3)c2)NC(=O)N1. The maximum Gasteiger partial charge on any atom is 0.319 e. The van der Waals surface area contributed by atoms with Crippen LogP contribution < -0.4 is 15.4 Å². The first-order valence-electron chi connectivity index (χ1n) is 9.52. The molecule has 5 nitrogen and oxygen atoms in total. The van der Waals surface area contributed by atoms with Crippen molar-refractivity contribution in [2.24, 2.45) is 0 Å². The van der Waals surface area contributed by atoms with Crippen molar-refractivity contribution in [2.75, 3.05) is 0 Å². The molecule has 0 saturated carbocycles. The summed E-state index contributed by atoms with van der Waals surface area (Å²) in [6.45, 7) is 1.71. The molecule has 0 fully saturated rings. The highest BCUT2D eigenvalue weighted by molar-refractivity contribution is 6.31. The van der Waals surface area contributed by atoms with Crippen molar-refractivity contribution in [3.63, 3.8) is 0 Å². The van der Waals surface area contributed by atoms with Gasteiger partial charge in [-0.2, -0.15) is 0 Å². The van der Waals surface area contributed by atoms with E-state index in [0.717, 1.165) is 5.56 Å². The summed E-state index contributed by atoms with van der Waals surface area (Å²) in [5, 5.41) is 6.69. The lowest BCUT2D eigenvalue weighted by molar-refractivity contribution is 0.102. The number of carbonyl (C=O) groups is 2. The Morgan fingerprint density at radius 2 is 1.55 bits per heavy atom. The summed E-state index contributed by atoms with van der Waals surface area (Å²) in [4.78, 5) is 25.5. The van der Waals surface area contributed by atoms with Crippen LogP contribution in [0.2, 0.25) is 10.0 Å². The predicted molar refractivity (Wildman–Crippen MR) is 121 cm³/mol. The summed E-state index contributed by atoms with van der Waals surface area (Å²) in [5.41, 5.74) is 2.15. The number of ether oxygens (including phenoxy) is 1. The van der Waals surface area contributed by atoms with Crippen LogP contribution in [-0.4, -0.2) is 11.8 Å². The largest absolute Gasteiger partial charge is 0.457 e. The number of rotatable bonds is 5. The van der Waals surface area contributed by atoms with E-state index in [9.17, 15) is 9.59 Å². The van der Waals surface area contributed by atoms with Crippen LogP contribution in [0.1, 0.15) is 28.9 Å². The van der Waals surface area contributed by atoms with Gasteiger partial charge in [0, 0.05) is 26.9 Å². The van der Waals surface area contributed by atoms with Crippen LogP contribution in [0.15, 0.2) is 84.1 Å². The summed E-state index contributed by atoms with van der Waals surface area (Å²) < 4.78 is 5.91. The molecule has 1 aliphatic rings.